The number of hydrogen-bond donors (Lipinski definition) is 2. The molecule has 0 bridgehead atoms. The highest BCUT2D eigenvalue weighted by molar-refractivity contribution is 5.61. The minimum absolute atomic E-state index is 0.0967. The quantitative estimate of drug-likeness (QED) is 0.327. The smallest absolute Gasteiger partial charge is 0.122 e. The molecular weight excluding hydrogens is 488 g/mol. The molecule has 0 saturated heterocycles. The summed E-state index contributed by atoms with van der Waals surface area (Å²) in [6.45, 7) is 12.4. The summed E-state index contributed by atoms with van der Waals surface area (Å²) in [4.78, 5) is 0. The van der Waals surface area contributed by atoms with Gasteiger partial charge in [0.05, 0.1) is 0 Å². The molecule has 0 unspecified atom stereocenters. The normalized spacial score (nSPS) is 20.4. The molecule has 2 heteroatoms. The number of benzene rings is 2. The Morgan fingerprint density at radius 2 is 1.02 bits per heavy atom. The van der Waals surface area contributed by atoms with Gasteiger partial charge in [-0.1, -0.05) is 82.1 Å². The third-order valence-corrected chi connectivity index (χ3v) is 10.7. The number of hydrogen-bond acceptors (Lipinski definition) is 2. The highest BCUT2D eigenvalue weighted by Gasteiger charge is 2.43. The van der Waals surface area contributed by atoms with E-state index in [-0.39, 0.29) is 5.41 Å². The molecule has 2 nitrogen and oxygen atoms in total. The van der Waals surface area contributed by atoms with Gasteiger partial charge in [-0.05, 0) is 110 Å². The molecule has 2 N–H and O–H groups in total. The molecule has 0 heterocycles. The Hall–Kier alpha value is -2.48. The zero-order valence-electron chi connectivity index (χ0n) is 25.3. The Kier molecular flexibility index (Phi) is 9.13. The maximum absolute atomic E-state index is 11.5. The van der Waals surface area contributed by atoms with Gasteiger partial charge in [-0.2, -0.15) is 0 Å². The Bertz CT molecular complexity index is 1130. The van der Waals surface area contributed by atoms with Crippen LogP contribution < -0.4 is 0 Å². The summed E-state index contributed by atoms with van der Waals surface area (Å²) in [5, 5.41) is 23.0. The second-order valence-corrected chi connectivity index (χ2v) is 13.3. The zero-order chi connectivity index (χ0) is 28.3. The molecular formula is C38H52O2. The van der Waals surface area contributed by atoms with E-state index in [9.17, 15) is 10.2 Å². The summed E-state index contributed by atoms with van der Waals surface area (Å²) in [5.41, 5.74) is 10.0. The predicted octanol–water partition coefficient (Wildman–Crippen LogP) is 10.5. The van der Waals surface area contributed by atoms with Crippen LogP contribution in [0.15, 0.2) is 37.4 Å². The monoisotopic (exact) mass is 540 g/mol. The summed E-state index contributed by atoms with van der Waals surface area (Å²) in [5.74, 6) is 1.95. The van der Waals surface area contributed by atoms with E-state index in [4.69, 9.17) is 0 Å². The van der Waals surface area contributed by atoms with Crippen LogP contribution in [0.5, 0.6) is 11.5 Å². The first-order chi connectivity index (χ1) is 19.4. The molecule has 216 valence electrons. The van der Waals surface area contributed by atoms with E-state index in [0.717, 1.165) is 35.1 Å². The van der Waals surface area contributed by atoms with Gasteiger partial charge in [0.2, 0.25) is 0 Å². The third-order valence-electron chi connectivity index (χ3n) is 10.7. The molecule has 2 aromatic rings. The van der Waals surface area contributed by atoms with E-state index >= 15 is 0 Å². The molecule has 40 heavy (non-hydrogen) atoms. The molecule has 5 rings (SSSR count). The van der Waals surface area contributed by atoms with Crippen LogP contribution in [-0.4, -0.2) is 10.2 Å². The maximum Gasteiger partial charge on any atom is 0.122 e. The molecule has 0 spiro atoms. The second kappa shape index (κ2) is 12.6. The minimum atomic E-state index is -0.0967. The standard InChI is InChI=1S/C38H52O2/c1-5-16-30-34(28-18-10-7-11-19-28)32(24-26(3)36(30)39)38(22-14-9-15-23-38)33-25-27(4)37(40)31(17-6-2)35(33)29-20-12-8-13-21-29/h5-6,24-25,28-29,39-40H,1-2,7-23H2,3-4H3. The highest BCUT2D eigenvalue weighted by Crippen LogP contribution is 2.55. The first kappa shape index (κ1) is 29.0. The lowest BCUT2D eigenvalue weighted by atomic mass is 9.59. The molecule has 0 radical (unpaired) electrons. The molecule has 3 fully saturated rings. The molecule has 0 atom stereocenters. The van der Waals surface area contributed by atoms with Crippen LogP contribution in [0.3, 0.4) is 0 Å². The number of allylic oxidation sites excluding steroid dienone is 2. The molecule has 0 aromatic heterocycles. The Morgan fingerprint density at radius 3 is 1.40 bits per heavy atom. The van der Waals surface area contributed by atoms with Crippen LogP contribution in [0.2, 0.25) is 0 Å². The summed E-state index contributed by atoms with van der Waals surface area (Å²) >= 11 is 0. The summed E-state index contributed by atoms with van der Waals surface area (Å²) in [7, 11) is 0. The van der Waals surface area contributed by atoms with Gasteiger partial charge < -0.3 is 10.2 Å². The summed E-state index contributed by atoms with van der Waals surface area (Å²) in [6.07, 6.45) is 24.0. The predicted molar refractivity (Wildman–Crippen MR) is 169 cm³/mol. The van der Waals surface area contributed by atoms with Crippen molar-refractivity contribution in [2.24, 2.45) is 0 Å². The van der Waals surface area contributed by atoms with Crippen molar-refractivity contribution in [2.45, 2.75) is 140 Å². The van der Waals surface area contributed by atoms with Crippen molar-refractivity contribution in [3.63, 3.8) is 0 Å². The van der Waals surface area contributed by atoms with Crippen molar-refractivity contribution in [3.8, 4) is 11.5 Å². The molecule has 0 amide bonds. The third kappa shape index (κ3) is 5.28. The maximum atomic E-state index is 11.5. The van der Waals surface area contributed by atoms with Gasteiger partial charge in [-0.25, -0.2) is 0 Å². The van der Waals surface area contributed by atoms with Gasteiger partial charge >= 0.3 is 0 Å². The Labute approximate surface area is 243 Å². The van der Waals surface area contributed by atoms with Crippen LogP contribution in [-0.2, 0) is 18.3 Å². The zero-order valence-corrected chi connectivity index (χ0v) is 25.3. The molecule has 2 aromatic carbocycles. The Morgan fingerprint density at radius 1 is 0.650 bits per heavy atom. The van der Waals surface area contributed by atoms with E-state index in [1.807, 2.05) is 12.2 Å². The average molecular weight is 541 g/mol. The van der Waals surface area contributed by atoms with E-state index in [2.05, 4.69) is 39.1 Å². The fraction of sp³-hybridized carbons (Fsp3) is 0.579. The number of rotatable bonds is 8. The van der Waals surface area contributed by atoms with Gasteiger partial charge in [-0.3, -0.25) is 0 Å². The minimum Gasteiger partial charge on any atom is -0.507 e. The van der Waals surface area contributed by atoms with E-state index < -0.39 is 0 Å². The van der Waals surface area contributed by atoms with Crippen LogP contribution in [0.25, 0.3) is 0 Å². The Balaban J connectivity index is 1.85. The van der Waals surface area contributed by atoms with Crippen molar-refractivity contribution in [1.29, 1.82) is 0 Å². The lowest BCUT2D eigenvalue weighted by Crippen LogP contribution is -2.35. The first-order valence-electron chi connectivity index (χ1n) is 16.4. The fourth-order valence-corrected chi connectivity index (χ4v) is 8.83. The average Bonchev–Trinajstić information content (AvgIpc) is 2.99. The molecule has 3 aliphatic carbocycles. The molecule has 3 saturated carbocycles. The molecule has 3 aliphatic rings. The fourth-order valence-electron chi connectivity index (χ4n) is 8.83. The van der Waals surface area contributed by atoms with E-state index in [1.54, 1.807) is 0 Å². The first-order valence-corrected chi connectivity index (χ1v) is 16.4. The number of aryl methyl sites for hydroxylation is 2. The number of phenols is 2. The number of phenolic OH excluding ortho intramolecular Hbond substituents is 2. The van der Waals surface area contributed by atoms with Crippen LogP contribution in [0, 0.1) is 13.8 Å². The van der Waals surface area contributed by atoms with Crippen molar-refractivity contribution in [2.75, 3.05) is 0 Å². The lowest BCUT2D eigenvalue weighted by molar-refractivity contribution is 0.329. The van der Waals surface area contributed by atoms with Gasteiger partial charge in [-0.15, -0.1) is 13.2 Å². The van der Waals surface area contributed by atoms with Crippen LogP contribution in [0.1, 0.15) is 153 Å². The second-order valence-electron chi connectivity index (χ2n) is 13.3. The topological polar surface area (TPSA) is 40.5 Å². The van der Waals surface area contributed by atoms with Gasteiger partial charge in [0.25, 0.3) is 0 Å². The van der Waals surface area contributed by atoms with Crippen molar-refractivity contribution in [1.82, 2.24) is 0 Å². The van der Waals surface area contributed by atoms with Gasteiger partial charge in [0.1, 0.15) is 11.5 Å². The van der Waals surface area contributed by atoms with Crippen LogP contribution in [0.4, 0.5) is 0 Å². The van der Waals surface area contributed by atoms with Gasteiger partial charge in [0, 0.05) is 16.5 Å². The lowest BCUT2D eigenvalue weighted by Gasteiger charge is -2.45. The van der Waals surface area contributed by atoms with Crippen LogP contribution >= 0.6 is 0 Å². The highest BCUT2D eigenvalue weighted by atomic mass is 16.3. The van der Waals surface area contributed by atoms with Crippen molar-refractivity contribution < 1.29 is 10.2 Å². The van der Waals surface area contributed by atoms with E-state index in [1.165, 1.54) is 106 Å². The van der Waals surface area contributed by atoms with Crippen molar-refractivity contribution in [3.05, 3.63) is 82.0 Å². The summed E-state index contributed by atoms with van der Waals surface area (Å²) < 4.78 is 0. The molecule has 0 aliphatic heterocycles. The van der Waals surface area contributed by atoms with Gasteiger partial charge in [0.15, 0.2) is 0 Å². The SMILES string of the molecule is C=CCc1c(O)c(C)cc(C2(c3cc(C)c(O)c(CC=C)c3C3CCCCC3)CCCCC2)c1C1CCCCC1. The largest absolute Gasteiger partial charge is 0.507 e. The van der Waals surface area contributed by atoms with E-state index in [0.29, 0.717) is 36.2 Å². The summed E-state index contributed by atoms with van der Waals surface area (Å²) in [6, 6.07) is 4.77. The van der Waals surface area contributed by atoms with Crippen molar-refractivity contribution >= 4 is 0 Å². The number of aromatic hydroxyl groups is 2.